The molecule has 1 heteroatoms. The summed E-state index contributed by atoms with van der Waals surface area (Å²) < 4.78 is 0. The van der Waals surface area contributed by atoms with Gasteiger partial charge in [-0.3, -0.25) is 0 Å². The minimum Gasteiger partial charge on any atom is -0.303 e. The minimum absolute atomic E-state index is 0.367. The van der Waals surface area contributed by atoms with E-state index in [-0.39, 0.29) is 0 Å². The Labute approximate surface area is 106 Å². The third kappa shape index (κ3) is 2.55. The second kappa shape index (κ2) is 5.22. The maximum atomic E-state index is 2.62. The number of nitrogens with zero attached hydrogens (tertiary/aromatic N) is 1. The van der Waals surface area contributed by atoms with Crippen LogP contribution in [-0.4, -0.2) is 24.5 Å². The van der Waals surface area contributed by atoms with Crippen molar-refractivity contribution in [1.82, 2.24) is 4.90 Å². The van der Waals surface area contributed by atoms with Gasteiger partial charge in [0, 0.05) is 6.54 Å². The highest BCUT2D eigenvalue weighted by atomic mass is 15.1. The number of piperidine rings is 1. The van der Waals surface area contributed by atoms with Crippen molar-refractivity contribution >= 4 is 0 Å². The number of likely N-dealkylation sites (tertiary alicyclic amines) is 1. The van der Waals surface area contributed by atoms with Crippen LogP contribution >= 0.6 is 0 Å². The molecule has 0 amide bonds. The van der Waals surface area contributed by atoms with Crippen molar-refractivity contribution in [1.29, 1.82) is 0 Å². The molecule has 1 aromatic rings. The van der Waals surface area contributed by atoms with Gasteiger partial charge in [-0.25, -0.2) is 0 Å². The Morgan fingerprint density at radius 3 is 2.59 bits per heavy atom. The topological polar surface area (TPSA) is 3.24 Å². The molecule has 2 rings (SSSR count). The van der Waals surface area contributed by atoms with Crippen LogP contribution in [0.5, 0.6) is 0 Å². The average Bonchev–Trinajstić information content (AvgIpc) is 2.35. The van der Waals surface area contributed by atoms with E-state index in [4.69, 9.17) is 0 Å². The van der Waals surface area contributed by atoms with Gasteiger partial charge in [0.25, 0.3) is 0 Å². The van der Waals surface area contributed by atoms with E-state index >= 15 is 0 Å². The molecule has 1 nitrogen and oxygen atoms in total. The lowest BCUT2D eigenvalue weighted by atomic mass is 9.68. The van der Waals surface area contributed by atoms with Crippen LogP contribution in [0.25, 0.3) is 0 Å². The zero-order valence-corrected chi connectivity index (χ0v) is 11.4. The van der Waals surface area contributed by atoms with Crippen molar-refractivity contribution in [2.75, 3.05) is 19.6 Å². The number of benzene rings is 1. The summed E-state index contributed by atoms with van der Waals surface area (Å²) >= 11 is 0. The molecule has 2 atom stereocenters. The van der Waals surface area contributed by atoms with Gasteiger partial charge in [0.2, 0.25) is 0 Å². The summed E-state index contributed by atoms with van der Waals surface area (Å²) in [5.74, 6) is 0.741. The smallest absolute Gasteiger partial charge is 0.00154 e. The zero-order chi connectivity index (χ0) is 12.3. The number of hydrogen-bond acceptors (Lipinski definition) is 1. The van der Waals surface area contributed by atoms with Crippen LogP contribution in [0, 0.1) is 5.92 Å². The van der Waals surface area contributed by atoms with Crippen LogP contribution in [0.2, 0.25) is 0 Å². The first-order chi connectivity index (χ1) is 8.16. The molecule has 94 valence electrons. The van der Waals surface area contributed by atoms with Crippen LogP contribution in [0.4, 0.5) is 0 Å². The van der Waals surface area contributed by atoms with Gasteiger partial charge in [0.15, 0.2) is 0 Å². The normalized spacial score (nSPS) is 30.4. The molecule has 0 saturated carbocycles. The fourth-order valence-corrected chi connectivity index (χ4v) is 3.08. The summed E-state index contributed by atoms with van der Waals surface area (Å²) in [5, 5.41) is 0. The van der Waals surface area contributed by atoms with Crippen LogP contribution in [-0.2, 0) is 5.41 Å². The summed E-state index contributed by atoms with van der Waals surface area (Å²) in [7, 11) is 0. The van der Waals surface area contributed by atoms with Crippen LogP contribution < -0.4 is 0 Å². The van der Waals surface area contributed by atoms with E-state index in [1.54, 1.807) is 0 Å². The predicted octanol–water partition coefficient (Wildman–Crippen LogP) is 3.70. The van der Waals surface area contributed by atoms with E-state index in [0.29, 0.717) is 5.41 Å². The van der Waals surface area contributed by atoms with Gasteiger partial charge < -0.3 is 4.90 Å². The largest absolute Gasteiger partial charge is 0.303 e. The van der Waals surface area contributed by atoms with Gasteiger partial charge >= 0.3 is 0 Å². The lowest BCUT2D eigenvalue weighted by molar-refractivity contribution is 0.111. The SMILES string of the molecule is CCCN1CC[C@](C)(c2ccccc2)[C@@H](C)C1. The molecular formula is C16H25N. The molecule has 1 saturated heterocycles. The van der Waals surface area contributed by atoms with Crippen molar-refractivity contribution in [3.8, 4) is 0 Å². The maximum absolute atomic E-state index is 2.62. The molecule has 17 heavy (non-hydrogen) atoms. The summed E-state index contributed by atoms with van der Waals surface area (Å²) in [6, 6.07) is 11.1. The molecule has 1 aromatic carbocycles. The fourth-order valence-electron chi connectivity index (χ4n) is 3.08. The Morgan fingerprint density at radius 2 is 2.00 bits per heavy atom. The minimum atomic E-state index is 0.367. The highest BCUT2D eigenvalue weighted by molar-refractivity contribution is 5.26. The summed E-state index contributed by atoms with van der Waals surface area (Å²) in [4.78, 5) is 2.62. The molecule has 1 aliphatic heterocycles. The van der Waals surface area contributed by atoms with E-state index in [0.717, 1.165) is 5.92 Å². The van der Waals surface area contributed by atoms with Crippen molar-refractivity contribution in [2.45, 2.75) is 39.0 Å². The maximum Gasteiger partial charge on any atom is 0.00154 e. The summed E-state index contributed by atoms with van der Waals surface area (Å²) in [6.07, 6.45) is 2.56. The Bertz CT molecular complexity index is 346. The van der Waals surface area contributed by atoms with Crippen molar-refractivity contribution < 1.29 is 0 Å². The lowest BCUT2D eigenvalue weighted by Crippen LogP contribution is -2.47. The molecule has 1 heterocycles. The standard InChI is InChI=1S/C16H25N/c1-4-11-17-12-10-16(3,14(2)13-17)15-8-6-5-7-9-15/h5-9,14H,4,10-13H2,1-3H3/t14-,16-/m0/s1. The molecule has 0 spiro atoms. The predicted molar refractivity (Wildman–Crippen MR) is 74.3 cm³/mol. The van der Waals surface area contributed by atoms with Gasteiger partial charge in [-0.15, -0.1) is 0 Å². The highest BCUT2D eigenvalue weighted by Gasteiger charge is 2.37. The van der Waals surface area contributed by atoms with E-state index in [1.165, 1.54) is 38.0 Å². The third-order valence-electron chi connectivity index (χ3n) is 4.54. The third-order valence-corrected chi connectivity index (χ3v) is 4.54. The van der Waals surface area contributed by atoms with Gasteiger partial charge in [0.1, 0.15) is 0 Å². The van der Waals surface area contributed by atoms with Crippen molar-refractivity contribution in [3.63, 3.8) is 0 Å². The molecule has 0 aromatic heterocycles. The number of hydrogen-bond donors (Lipinski definition) is 0. The fraction of sp³-hybridized carbons (Fsp3) is 0.625. The van der Waals surface area contributed by atoms with Gasteiger partial charge in [0.05, 0.1) is 0 Å². The molecule has 0 radical (unpaired) electrons. The molecule has 1 aliphatic rings. The Kier molecular flexibility index (Phi) is 3.88. The van der Waals surface area contributed by atoms with Crippen molar-refractivity contribution in [2.24, 2.45) is 5.92 Å². The lowest BCUT2D eigenvalue weighted by Gasteiger charge is -2.45. The molecule has 0 unspecified atom stereocenters. The van der Waals surface area contributed by atoms with Crippen LogP contribution in [0.15, 0.2) is 30.3 Å². The first-order valence-corrected chi connectivity index (χ1v) is 6.94. The molecule has 0 N–H and O–H groups in total. The van der Waals surface area contributed by atoms with Crippen LogP contribution in [0.1, 0.15) is 39.2 Å². The zero-order valence-electron chi connectivity index (χ0n) is 11.4. The second-order valence-electron chi connectivity index (χ2n) is 5.74. The highest BCUT2D eigenvalue weighted by Crippen LogP contribution is 2.39. The first-order valence-electron chi connectivity index (χ1n) is 6.94. The van der Waals surface area contributed by atoms with E-state index in [9.17, 15) is 0 Å². The Balaban J connectivity index is 2.12. The van der Waals surface area contributed by atoms with E-state index in [1.807, 2.05) is 0 Å². The average molecular weight is 231 g/mol. The van der Waals surface area contributed by atoms with Crippen LogP contribution in [0.3, 0.4) is 0 Å². The second-order valence-corrected chi connectivity index (χ2v) is 5.74. The molecule has 0 aliphatic carbocycles. The molecule has 0 bridgehead atoms. The Morgan fingerprint density at radius 1 is 1.29 bits per heavy atom. The van der Waals surface area contributed by atoms with Gasteiger partial charge in [-0.2, -0.15) is 0 Å². The van der Waals surface area contributed by atoms with Gasteiger partial charge in [-0.1, -0.05) is 51.1 Å². The van der Waals surface area contributed by atoms with E-state index < -0.39 is 0 Å². The van der Waals surface area contributed by atoms with E-state index in [2.05, 4.69) is 56.0 Å². The summed E-state index contributed by atoms with van der Waals surface area (Å²) in [5.41, 5.74) is 1.88. The van der Waals surface area contributed by atoms with Gasteiger partial charge in [-0.05, 0) is 42.8 Å². The quantitative estimate of drug-likeness (QED) is 0.767. The summed E-state index contributed by atoms with van der Waals surface area (Å²) in [6.45, 7) is 10.9. The first kappa shape index (κ1) is 12.6. The monoisotopic (exact) mass is 231 g/mol. The molecule has 1 fully saturated rings. The number of rotatable bonds is 3. The Hall–Kier alpha value is -0.820. The molecular weight excluding hydrogens is 206 g/mol. The van der Waals surface area contributed by atoms with Crippen molar-refractivity contribution in [3.05, 3.63) is 35.9 Å².